The Morgan fingerprint density at radius 2 is 2.25 bits per heavy atom. The summed E-state index contributed by atoms with van der Waals surface area (Å²) in [6.45, 7) is 6.50. The van der Waals surface area contributed by atoms with E-state index in [-0.39, 0.29) is 0 Å². The van der Waals surface area contributed by atoms with Gasteiger partial charge in [0, 0.05) is 5.02 Å². The Morgan fingerprint density at radius 1 is 1.45 bits per heavy atom. The van der Waals surface area contributed by atoms with Crippen LogP contribution in [0.3, 0.4) is 0 Å². The highest BCUT2D eigenvalue weighted by atomic mass is 35.5. The number of hydrogen-bond donors (Lipinski definition) is 2. The van der Waals surface area contributed by atoms with E-state index in [1.54, 1.807) is 0 Å². The predicted octanol–water partition coefficient (Wildman–Crippen LogP) is 1.85. The molecule has 1 aromatic rings. The van der Waals surface area contributed by atoms with Gasteiger partial charge in [-0.2, -0.15) is 0 Å². The number of nitrogens with one attached hydrogen (secondary N) is 1. The maximum atomic E-state index is 10.1. The van der Waals surface area contributed by atoms with Crippen molar-refractivity contribution in [3.63, 3.8) is 0 Å². The number of rotatable bonds is 5. The number of halogens is 1. The van der Waals surface area contributed by atoms with Gasteiger partial charge >= 0.3 is 0 Å². The van der Waals surface area contributed by atoms with Gasteiger partial charge in [0.1, 0.15) is 25.0 Å². The molecule has 1 heterocycles. The molecule has 2 N–H and O–H groups in total. The molecule has 0 aromatic heterocycles. The summed E-state index contributed by atoms with van der Waals surface area (Å²) >= 11 is 5.98. The van der Waals surface area contributed by atoms with Crippen LogP contribution in [-0.4, -0.2) is 36.9 Å². The van der Waals surface area contributed by atoms with Crippen LogP contribution in [0.15, 0.2) is 18.2 Å². The summed E-state index contributed by atoms with van der Waals surface area (Å²) in [4.78, 5) is 1.50. The van der Waals surface area contributed by atoms with E-state index in [1.807, 2.05) is 25.1 Å². The molecular formula is C16H25ClNO2+. The van der Waals surface area contributed by atoms with Crippen molar-refractivity contribution < 1.29 is 14.7 Å². The molecule has 1 saturated heterocycles. The number of aryl methyl sites for hydroxylation is 1. The first-order valence-electron chi connectivity index (χ1n) is 7.48. The fourth-order valence-corrected chi connectivity index (χ4v) is 2.93. The van der Waals surface area contributed by atoms with Crippen molar-refractivity contribution in [1.29, 1.82) is 0 Å². The molecule has 0 amide bonds. The maximum Gasteiger partial charge on any atom is 0.137 e. The molecule has 1 aliphatic rings. The Kier molecular flexibility index (Phi) is 5.70. The summed E-state index contributed by atoms with van der Waals surface area (Å²) < 4.78 is 5.66. The van der Waals surface area contributed by atoms with Gasteiger partial charge in [-0.05, 0) is 56.9 Å². The van der Waals surface area contributed by atoms with Crippen LogP contribution in [-0.2, 0) is 0 Å². The van der Waals surface area contributed by atoms with E-state index in [0.29, 0.717) is 12.6 Å². The molecule has 20 heavy (non-hydrogen) atoms. The summed E-state index contributed by atoms with van der Waals surface area (Å²) in [7, 11) is 0. The minimum Gasteiger partial charge on any atom is -0.491 e. The van der Waals surface area contributed by atoms with Gasteiger partial charge in [0.05, 0.1) is 12.6 Å². The van der Waals surface area contributed by atoms with Crippen molar-refractivity contribution in [2.24, 2.45) is 0 Å². The third-order valence-corrected chi connectivity index (χ3v) is 4.58. The molecule has 0 bridgehead atoms. The monoisotopic (exact) mass is 298 g/mol. The van der Waals surface area contributed by atoms with E-state index in [4.69, 9.17) is 16.3 Å². The lowest BCUT2D eigenvalue weighted by molar-refractivity contribution is -0.931. The van der Waals surface area contributed by atoms with Crippen LogP contribution >= 0.6 is 11.6 Å². The number of quaternary nitrogens is 1. The molecule has 0 aliphatic carbocycles. The number of hydrogen-bond acceptors (Lipinski definition) is 2. The topological polar surface area (TPSA) is 33.9 Å². The lowest BCUT2D eigenvalue weighted by atomic mass is 10.0. The largest absolute Gasteiger partial charge is 0.491 e. The molecular weight excluding hydrogens is 274 g/mol. The summed E-state index contributed by atoms with van der Waals surface area (Å²) in [5.74, 6) is 0.771. The smallest absolute Gasteiger partial charge is 0.137 e. The van der Waals surface area contributed by atoms with Crippen LogP contribution in [0.2, 0.25) is 5.02 Å². The Balaban J connectivity index is 1.79. The molecule has 4 heteroatoms. The molecule has 0 radical (unpaired) electrons. The highest BCUT2D eigenvalue weighted by Crippen LogP contribution is 2.21. The van der Waals surface area contributed by atoms with E-state index < -0.39 is 6.10 Å². The second-order valence-corrected chi connectivity index (χ2v) is 6.29. The van der Waals surface area contributed by atoms with Crippen molar-refractivity contribution in [3.8, 4) is 5.75 Å². The zero-order valence-electron chi connectivity index (χ0n) is 12.4. The van der Waals surface area contributed by atoms with Gasteiger partial charge in [-0.15, -0.1) is 0 Å². The zero-order chi connectivity index (χ0) is 14.5. The first kappa shape index (κ1) is 15.6. The van der Waals surface area contributed by atoms with Crippen molar-refractivity contribution in [3.05, 3.63) is 28.8 Å². The fourth-order valence-electron chi connectivity index (χ4n) is 2.82. The second kappa shape index (κ2) is 7.30. The molecule has 2 rings (SSSR count). The second-order valence-electron chi connectivity index (χ2n) is 5.89. The zero-order valence-corrected chi connectivity index (χ0v) is 13.1. The van der Waals surface area contributed by atoms with Crippen LogP contribution in [0.1, 0.15) is 31.7 Å². The van der Waals surface area contributed by atoms with Gasteiger partial charge < -0.3 is 14.7 Å². The van der Waals surface area contributed by atoms with Gasteiger partial charge in [-0.25, -0.2) is 0 Å². The van der Waals surface area contributed by atoms with Crippen LogP contribution in [0.25, 0.3) is 0 Å². The molecule has 0 saturated carbocycles. The lowest BCUT2D eigenvalue weighted by Gasteiger charge is -2.31. The number of aliphatic hydroxyl groups is 1. The first-order valence-corrected chi connectivity index (χ1v) is 7.85. The van der Waals surface area contributed by atoms with Crippen LogP contribution in [0.5, 0.6) is 5.75 Å². The van der Waals surface area contributed by atoms with Crippen LogP contribution in [0, 0.1) is 6.92 Å². The third kappa shape index (κ3) is 4.37. The fraction of sp³-hybridized carbons (Fsp3) is 0.625. The Labute approximate surface area is 126 Å². The van der Waals surface area contributed by atoms with Crippen molar-refractivity contribution in [2.45, 2.75) is 45.3 Å². The highest BCUT2D eigenvalue weighted by Gasteiger charge is 2.24. The van der Waals surface area contributed by atoms with Gasteiger partial charge in [0.25, 0.3) is 0 Å². The summed E-state index contributed by atoms with van der Waals surface area (Å²) in [5.41, 5.74) is 0.994. The minimum absolute atomic E-state index is 0.345. The molecule has 1 fully saturated rings. The SMILES string of the molecule is Cc1cc(OC[C@@H](O)C[NH+]2CCCC[C@@H]2C)ccc1Cl. The normalized spacial score (nSPS) is 24.4. The van der Waals surface area contributed by atoms with Crippen molar-refractivity contribution in [2.75, 3.05) is 19.7 Å². The van der Waals surface area contributed by atoms with Gasteiger partial charge in [-0.1, -0.05) is 11.6 Å². The van der Waals surface area contributed by atoms with E-state index >= 15 is 0 Å². The van der Waals surface area contributed by atoms with Crippen LogP contribution in [0.4, 0.5) is 0 Å². The van der Waals surface area contributed by atoms with Gasteiger partial charge in [-0.3, -0.25) is 0 Å². The Morgan fingerprint density at radius 3 is 2.95 bits per heavy atom. The third-order valence-electron chi connectivity index (χ3n) is 4.15. The molecule has 1 unspecified atom stereocenters. The summed E-state index contributed by atoms with van der Waals surface area (Å²) in [6.07, 6.45) is 3.44. The minimum atomic E-state index is -0.415. The Bertz CT molecular complexity index is 438. The van der Waals surface area contributed by atoms with Crippen LogP contribution < -0.4 is 9.64 Å². The standard InChI is InChI=1S/C16H24ClNO2/c1-12-9-15(6-7-16(12)17)20-11-14(19)10-18-8-4-3-5-13(18)2/h6-7,9,13-14,19H,3-5,8,10-11H2,1-2H3/p+1/t13-,14-/m0/s1. The first-order chi connectivity index (χ1) is 9.56. The number of aliphatic hydroxyl groups excluding tert-OH is 1. The molecule has 3 atom stereocenters. The van der Waals surface area contributed by atoms with Gasteiger partial charge in [0.15, 0.2) is 0 Å². The number of likely N-dealkylation sites (tertiary alicyclic amines) is 1. The van der Waals surface area contributed by atoms with E-state index in [0.717, 1.165) is 29.4 Å². The van der Waals surface area contributed by atoms with E-state index in [2.05, 4.69) is 6.92 Å². The number of ether oxygens (including phenoxy) is 1. The molecule has 1 aliphatic heterocycles. The summed E-state index contributed by atoms with van der Waals surface area (Å²) in [6, 6.07) is 6.23. The molecule has 3 nitrogen and oxygen atoms in total. The maximum absolute atomic E-state index is 10.1. The number of piperidine rings is 1. The summed E-state index contributed by atoms with van der Waals surface area (Å²) in [5, 5.41) is 10.9. The molecule has 0 spiro atoms. The van der Waals surface area contributed by atoms with E-state index in [9.17, 15) is 5.11 Å². The lowest BCUT2D eigenvalue weighted by Crippen LogP contribution is -3.17. The number of benzene rings is 1. The predicted molar refractivity (Wildman–Crippen MR) is 81.7 cm³/mol. The quantitative estimate of drug-likeness (QED) is 0.870. The van der Waals surface area contributed by atoms with Gasteiger partial charge in [0.2, 0.25) is 0 Å². The van der Waals surface area contributed by atoms with Crippen molar-refractivity contribution in [1.82, 2.24) is 0 Å². The van der Waals surface area contributed by atoms with Crippen molar-refractivity contribution >= 4 is 11.6 Å². The Hall–Kier alpha value is -0.770. The van der Waals surface area contributed by atoms with E-state index in [1.165, 1.54) is 24.2 Å². The average Bonchev–Trinajstić information content (AvgIpc) is 2.43. The molecule has 112 valence electrons. The highest BCUT2D eigenvalue weighted by molar-refractivity contribution is 6.31. The molecule has 1 aromatic carbocycles. The average molecular weight is 299 g/mol.